The Hall–Kier alpha value is -4.01. The van der Waals surface area contributed by atoms with Gasteiger partial charge in [-0.2, -0.15) is 0 Å². The summed E-state index contributed by atoms with van der Waals surface area (Å²) in [6, 6.07) is 23.1. The highest BCUT2D eigenvalue weighted by Crippen LogP contribution is 2.37. The normalized spacial score (nSPS) is 20.8. The summed E-state index contributed by atoms with van der Waals surface area (Å²) in [7, 11) is 0. The van der Waals surface area contributed by atoms with Crippen LogP contribution in [0.15, 0.2) is 72.8 Å². The Kier molecular flexibility index (Phi) is 7.12. The van der Waals surface area contributed by atoms with E-state index in [-0.39, 0.29) is 18.2 Å². The van der Waals surface area contributed by atoms with E-state index in [0.29, 0.717) is 38.0 Å². The number of nitrogens with one attached hydrogen (secondary N) is 1. The van der Waals surface area contributed by atoms with Crippen molar-refractivity contribution in [3.05, 3.63) is 101 Å². The lowest BCUT2D eigenvalue weighted by molar-refractivity contribution is -0.136. The van der Waals surface area contributed by atoms with Crippen LogP contribution in [-0.2, 0) is 34.9 Å². The van der Waals surface area contributed by atoms with Gasteiger partial charge in [-0.1, -0.05) is 60.7 Å². The molecule has 0 spiro atoms. The van der Waals surface area contributed by atoms with Crippen molar-refractivity contribution < 1.29 is 24.2 Å². The first-order chi connectivity index (χ1) is 19.4. The Bertz CT molecular complexity index is 1430. The van der Waals surface area contributed by atoms with E-state index in [9.17, 15) is 19.5 Å². The van der Waals surface area contributed by atoms with E-state index in [0.717, 1.165) is 47.6 Å². The summed E-state index contributed by atoms with van der Waals surface area (Å²) < 4.78 is 6.14. The highest BCUT2D eigenvalue weighted by molar-refractivity contribution is 6.05. The predicted octanol–water partition coefficient (Wildman–Crippen LogP) is 3.51. The van der Waals surface area contributed by atoms with Crippen molar-refractivity contribution in [2.24, 2.45) is 0 Å². The number of ether oxygens (including phenoxy) is 1. The second-order valence-electron chi connectivity index (χ2n) is 11.0. The number of amides is 3. The number of aliphatic hydroxyl groups is 1. The number of likely N-dealkylation sites (tertiary alicyclic amines) is 1. The summed E-state index contributed by atoms with van der Waals surface area (Å²) >= 11 is 0. The van der Waals surface area contributed by atoms with Gasteiger partial charge in [-0.05, 0) is 48.1 Å². The molecule has 3 aromatic rings. The summed E-state index contributed by atoms with van der Waals surface area (Å²) in [4.78, 5) is 40.8. The fraction of sp³-hybridized carbons (Fsp3) is 0.344. The van der Waals surface area contributed by atoms with Gasteiger partial charge in [0.25, 0.3) is 5.91 Å². The van der Waals surface area contributed by atoms with Gasteiger partial charge in [-0.25, -0.2) is 0 Å². The van der Waals surface area contributed by atoms with E-state index < -0.39 is 17.6 Å². The van der Waals surface area contributed by atoms with Crippen molar-refractivity contribution in [3.8, 4) is 5.75 Å². The summed E-state index contributed by atoms with van der Waals surface area (Å²) in [5.74, 6) is -0.0535. The van der Waals surface area contributed by atoms with Gasteiger partial charge in [0.05, 0.1) is 5.60 Å². The molecule has 206 valence electrons. The number of carbonyl (C=O) groups is 3. The maximum atomic E-state index is 13.0. The third-order valence-electron chi connectivity index (χ3n) is 8.35. The first kappa shape index (κ1) is 26.2. The van der Waals surface area contributed by atoms with E-state index in [4.69, 9.17) is 4.74 Å². The molecule has 3 aliphatic heterocycles. The lowest BCUT2D eigenvalue weighted by Crippen LogP contribution is -2.52. The van der Waals surface area contributed by atoms with Crippen molar-refractivity contribution in [2.45, 2.75) is 57.0 Å². The van der Waals surface area contributed by atoms with Crippen molar-refractivity contribution in [1.82, 2.24) is 15.1 Å². The zero-order valence-corrected chi connectivity index (χ0v) is 22.3. The molecule has 2 fully saturated rings. The molecular formula is C32H33N3O5. The summed E-state index contributed by atoms with van der Waals surface area (Å²) in [5, 5.41) is 14.0. The van der Waals surface area contributed by atoms with Crippen molar-refractivity contribution in [3.63, 3.8) is 0 Å². The molecule has 3 aliphatic rings. The number of nitrogens with zero attached hydrogens (tertiary/aromatic N) is 2. The molecule has 40 heavy (non-hydrogen) atoms. The minimum absolute atomic E-state index is 0.203. The SMILES string of the molecule is O=C1CCC(N2Cc3cc(C4(O)CCN(Cc5ccccc5OCc5ccccc5)CC4)ccc3C2=O)C(=O)N1. The Morgan fingerprint density at radius 2 is 1.70 bits per heavy atom. The van der Waals surface area contributed by atoms with Gasteiger partial charge in [-0.15, -0.1) is 0 Å². The van der Waals surface area contributed by atoms with Crippen LogP contribution >= 0.6 is 0 Å². The molecule has 2 saturated heterocycles. The summed E-state index contributed by atoms with van der Waals surface area (Å²) in [6.07, 6.45) is 1.70. The Morgan fingerprint density at radius 1 is 0.950 bits per heavy atom. The first-order valence-corrected chi connectivity index (χ1v) is 13.9. The minimum atomic E-state index is -0.986. The van der Waals surface area contributed by atoms with E-state index in [1.54, 1.807) is 11.0 Å². The molecule has 0 radical (unpaired) electrons. The number of fused-ring (bicyclic) bond motifs is 1. The fourth-order valence-electron chi connectivity index (χ4n) is 5.99. The molecule has 0 bridgehead atoms. The molecule has 0 aromatic heterocycles. The Labute approximate surface area is 233 Å². The number of para-hydroxylation sites is 1. The van der Waals surface area contributed by atoms with Crippen LogP contribution < -0.4 is 10.1 Å². The zero-order valence-electron chi connectivity index (χ0n) is 22.3. The standard InChI is InChI=1S/C32H33N3O5/c36-29-13-12-27(30(37)33-29)35-20-24-18-25(10-11-26(24)31(35)38)32(39)14-16-34(17-15-32)19-23-8-4-5-9-28(23)40-21-22-6-2-1-3-7-22/h1-11,18,27,39H,12-17,19-21H2,(H,33,36,37). The maximum Gasteiger partial charge on any atom is 0.255 e. The Balaban J connectivity index is 1.09. The van der Waals surface area contributed by atoms with E-state index in [1.165, 1.54) is 0 Å². The van der Waals surface area contributed by atoms with E-state index >= 15 is 0 Å². The van der Waals surface area contributed by atoms with Gasteiger partial charge in [0.1, 0.15) is 18.4 Å². The van der Waals surface area contributed by atoms with Crippen LogP contribution in [-0.4, -0.2) is 51.8 Å². The van der Waals surface area contributed by atoms with E-state index in [1.807, 2.05) is 48.5 Å². The quantitative estimate of drug-likeness (QED) is 0.446. The molecule has 1 unspecified atom stereocenters. The molecule has 2 N–H and O–H groups in total. The molecule has 0 saturated carbocycles. The smallest absolute Gasteiger partial charge is 0.255 e. The van der Waals surface area contributed by atoms with Crippen LogP contribution in [0, 0.1) is 0 Å². The first-order valence-electron chi connectivity index (χ1n) is 13.9. The Morgan fingerprint density at radius 3 is 2.48 bits per heavy atom. The number of piperidine rings is 2. The van der Waals surface area contributed by atoms with Crippen LogP contribution in [0.25, 0.3) is 0 Å². The lowest BCUT2D eigenvalue weighted by atomic mass is 9.83. The topological polar surface area (TPSA) is 99.2 Å². The summed E-state index contributed by atoms with van der Waals surface area (Å²) in [5.41, 5.74) is 3.43. The highest BCUT2D eigenvalue weighted by atomic mass is 16.5. The fourth-order valence-corrected chi connectivity index (χ4v) is 5.99. The van der Waals surface area contributed by atoms with Crippen LogP contribution in [0.3, 0.4) is 0 Å². The summed E-state index contributed by atoms with van der Waals surface area (Å²) in [6.45, 7) is 3.00. The third-order valence-corrected chi connectivity index (χ3v) is 8.35. The van der Waals surface area contributed by atoms with Crippen molar-refractivity contribution >= 4 is 17.7 Å². The van der Waals surface area contributed by atoms with Crippen LogP contribution in [0.1, 0.15) is 58.3 Å². The molecular weight excluding hydrogens is 506 g/mol. The van der Waals surface area contributed by atoms with Crippen molar-refractivity contribution in [1.29, 1.82) is 0 Å². The molecule has 1 atom stereocenters. The molecule has 3 amide bonds. The van der Waals surface area contributed by atoms with Crippen molar-refractivity contribution in [2.75, 3.05) is 13.1 Å². The van der Waals surface area contributed by atoms with Gasteiger partial charge in [0.15, 0.2) is 0 Å². The van der Waals surface area contributed by atoms with Gasteiger partial charge in [-0.3, -0.25) is 24.6 Å². The number of imide groups is 1. The average Bonchev–Trinajstić information content (AvgIpc) is 3.29. The molecule has 8 heteroatoms. The second kappa shape index (κ2) is 10.9. The lowest BCUT2D eigenvalue weighted by Gasteiger charge is -2.39. The van der Waals surface area contributed by atoms with Gasteiger partial charge >= 0.3 is 0 Å². The molecule has 3 aromatic carbocycles. The van der Waals surface area contributed by atoms with E-state index in [2.05, 4.69) is 28.4 Å². The highest BCUT2D eigenvalue weighted by Gasteiger charge is 2.40. The number of rotatable bonds is 7. The minimum Gasteiger partial charge on any atom is -0.489 e. The molecule has 8 nitrogen and oxygen atoms in total. The number of hydrogen-bond donors (Lipinski definition) is 2. The average molecular weight is 540 g/mol. The number of benzene rings is 3. The number of hydrogen-bond acceptors (Lipinski definition) is 6. The van der Waals surface area contributed by atoms with Gasteiger partial charge in [0, 0.05) is 43.7 Å². The largest absolute Gasteiger partial charge is 0.489 e. The van der Waals surface area contributed by atoms with Gasteiger partial charge in [0.2, 0.25) is 11.8 Å². The zero-order chi connectivity index (χ0) is 27.7. The molecule has 0 aliphatic carbocycles. The van der Waals surface area contributed by atoms with Gasteiger partial charge < -0.3 is 14.7 Å². The second-order valence-corrected chi connectivity index (χ2v) is 11.0. The van der Waals surface area contributed by atoms with Crippen LogP contribution in [0.4, 0.5) is 0 Å². The molecule has 3 heterocycles. The van der Waals surface area contributed by atoms with Crippen LogP contribution in [0.5, 0.6) is 5.75 Å². The third kappa shape index (κ3) is 5.24. The molecule has 6 rings (SSSR count). The monoisotopic (exact) mass is 539 g/mol. The van der Waals surface area contributed by atoms with Crippen LogP contribution in [0.2, 0.25) is 0 Å². The predicted molar refractivity (Wildman–Crippen MR) is 148 cm³/mol. The number of carbonyl (C=O) groups excluding carboxylic acids is 3. The maximum absolute atomic E-state index is 13.0.